The van der Waals surface area contributed by atoms with Crippen molar-refractivity contribution in [1.82, 2.24) is 9.88 Å². The van der Waals surface area contributed by atoms with Crippen molar-refractivity contribution < 1.29 is 9.59 Å². The number of Topliss-reactive ketones (excluding diaryl/α,β-unsaturated/α-hetero) is 1. The number of benzene rings is 1. The molecule has 128 valence electrons. The monoisotopic (exact) mass is 327 g/mol. The second-order valence-electron chi connectivity index (χ2n) is 5.96. The molecule has 0 saturated heterocycles. The van der Waals surface area contributed by atoms with E-state index in [0.29, 0.717) is 17.8 Å². The van der Waals surface area contributed by atoms with Gasteiger partial charge in [-0.2, -0.15) is 0 Å². The molecule has 0 radical (unpaired) electrons. The highest BCUT2D eigenvalue weighted by Gasteiger charge is 2.14. The fourth-order valence-corrected chi connectivity index (χ4v) is 2.67. The number of aryl methyl sites for hydroxylation is 2. The summed E-state index contributed by atoms with van der Waals surface area (Å²) >= 11 is 0. The van der Waals surface area contributed by atoms with Gasteiger partial charge < -0.3 is 14.8 Å². The number of carbonyl (C=O) groups excluding carboxylic acids is 2. The predicted octanol–water partition coefficient (Wildman–Crippen LogP) is 2.79. The Kier molecular flexibility index (Phi) is 5.79. The van der Waals surface area contributed by atoms with Crippen LogP contribution in [-0.4, -0.2) is 35.9 Å². The van der Waals surface area contributed by atoms with Crippen LogP contribution in [0.3, 0.4) is 0 Å². The Morgan fingerprint density at radius 3 is 2.58 bits per heavy atom. The number of nitrogens with zero attached hydrogens (tertiary/aromatic N) is 2. The molecule has 1 heterocycles. The normalized spacial score (nSPS) is 10.5. The standard InChI is InChI=1S/C19H25N3O2/c1-5-22(17-8-6-7-14(2)11-17)10-9-20-19(24)18-12-16(15(3)23)13-21(18)4/h6-8,11-13H,5,9-10H2,1-4H3,(H,20,24). The molecule has 1 N–H and O–H groups in total. The summed E-state index contributed by atoms with van der Waals surface area (Å²) in [7, 11) is 1.77. The molecule has 0 fully saturated rings. The molecule has 1 aromatic carbocycles. The largest absolute Gasteiger partial charge is 0.370 e. The van der Waals surface area contributed by atoms with Gasteiger partial charge in [-0.15, -0.1) is 0 Å². The molecule has 0 aliphatic carbocycles. The molecule has 24 heavy (non-hydrogen) atoms. The molecule has 0 aliphatic rings. The van der Waals surface area contributed by atoms with Gasteiger partial charge in [-0.3, -0.25) is 9.59 Å². The number of rotatable bonds is 7. The molecule has 0 atom stereocenters. The molecule has 5 nitrogen and oxygen atoms in total. The van der Waals surface area contributed by atoms with Crippen LogP contribution in [0.25, 0.3) is 0 Å². The van der Waals surface area contributed by atoms with Crippen LogP contribution in [0, 0.1) is 6.92 Å². The average Bonchev–Trinajstić information content (AvgIpc) is 2.93. The Morgan fingerprint density at radius 2 is 2.00 bits per heavy atom. The maximum atomic E-state index is 12.3. The fourth-order valence-electron chi connectivity index (χ4n) is 2.67. The van der Waals surface area contributed by atoms with Gasteiger partial charge in [-0.1, -0.05) is 12.1 Å². The van der Waals surface area contributed by atoms with Gasteiger partial charge in [0.2, 0.25) is 0 Å². The third-order valence-corrected chi connectivity index (χ3v) is 4.06. The first-order chi connectivity index (χ1) is 11.4. The quantitative estimate of drug-likeness (QED) is 0.796. The summed E-state index contributed by atoms with van der Waals surface area (Å²) < 4.78 is 1.68. The smallest absolute Gasteiger partial charge is 0.267 e. The first-order valence-electron chi connectivity index (χ1n) is 8.19. The molecule has 0 saturated carbocycles. The van der Waals surface area contributed by atoms with Gasteiger partial charge >= 0.3 is 0 Å². The summed E-state index contributed by atoms with van der Waals surface area (Å²) in [5, 5.41) is 2.93. The zero-order valence-corrected chi connectivity index (χ0v) is 14.8. The average molecular weight is 327 g/mol. The van der Waals surface area contributed by atoms with Crippen LogP contribution in [0.1, 0.15) is 40.3 Å². The maximum absolute atomic E-state index is 12.3. The third kappa shape index (κ3) is 4.25. The lowest BCUT2D eigenvalue weighted by Crippen LogP contribution is -2.35. The first-order valence-corrected chi connectivity index (χ1v) is 8.19. The van der Waals surface area contributed by atoms with Gasteiger partial charge in [0.05, 0.1) is 0 Å². The summed E-state index contributed by atoms with van der Waals surface area (Å²) in [6.07, 6.45) is 1.68. The number of amides is 1. The highest BCUT2D eigenvalue weighted by Crippen LogP contribution is 2.15. The van der Waals surface area contributed by atoms with Crippen molar-refractivity contribution >= 4 is 17.4 Å². The van der Waals surface area contributed by atoms with Crippen molar-refractivity contribution in [2.24, 2.45) is 7.05 Å². The molecule has 5 heteroatoms. The first kappa shape index (κ1) is 17.8. The lowest BCUT2D eigenvalue weighted by molar-refractivity contribution is 0.0946. The van der Waals surface area contributed by atoms with Crippen LogP contribution in [0.4, 0.5) is 5.69 Å². The fraction of sp³-hybridized carbons (Fsp3) is 0.368. The Balaban J connectivity index is 1.95. The van der Waals surface area contributed by atoms with E-state index in [0.717, 1.165) is 18.8 Å². The van der Waals surface area contributed by atoms with E-state index in [1.165, 1.54) is 12.5 Å². The summed E-state index contributed by atoms with van der Waals surface area (Å²) in [6, 6.07) is 9.96. The van der Waals surface area contributed by atoms with Crippen molar-refractivity contribution in [3.63, 3.8) is 0 Å². The molecule has 1 amide bonds. The number of anilines is 1. The van der Waals surface area contributed by atoms with Crippen LogP contribution in [0.15, 0.2) is 36.5 Å². The van der Waals surface area contributed by atoms with E-state index >= 15 is 0 Å². The molecule has 0 unspecified atom stereocenters. The van der Waals surface area contributed by atoms with Gasteiger partial charge in [-0.25, -0.2) is 0 Å². The minimum atomic E-state index is -0.162. The number of aromatic nitrogens is 1. The third-order valence-electron chi connectivity index (χ3n) is 4.06. The Hall–Kier alpha value is -2.56. The van der Waals surface area contributed by atoms with Crippen molar-refractivity contribution in [2.45, 2.75) is 20.8 Å². The number of carbonyl (C=O) groups is 2. The molecule has 1 aromatic heterocycles. The SMILES string of the molecule is CCN(CCNC(=O)c1cc(C(C)=O)cn1C)c1cccc(C)c1. The number of likely N-dealkylation sites (N-methyl/N-ethyl adjacent to an activating group) is 1. The minimum Gasteiger partial charge on any atom is -0.370 e. The molecule has 2 rings (SSSR count). The van der Waals surface area contributed by atoms with Crippen molar-refractivity contribution in [3.8, 4) is 0 Å². The summed E-state index contributed by atoms with van der Waals surface area (Å²) in [6.45, 7) is 7.81. The highest BCUT2D eigenvalue weighted by atomic mass is 16.2. The predicted molar refractivity (Wildman–Crippen MR) is 96.8 cm³/mol. The van der Waals surface area contributed by atoms with Gasteiger partial charge in [0.15, 0.2) is 5.78 Å². The van der Waals surface area contributed by atoms with E-state index in [-0.39, 0.29) is 11.7 Å². The van der Waals surface area contributed by atoms with Crippen LogP contribution in [-0.2, 0) is 7.05 Å². The van der Waals surface area contributed by atoms with E-state index in [2.05, 4.69) is 42.3 Å². The van der Waals surface area contributed by atoms with Crippen molar-refractivity contribution in [3.05, 3.63) is 53.3 Å². The van der Waals surface area contributed by atoms with Crippen LogP contribution < -0.4 is 10.2 Å². The molecule has 0 spiro atoms. The van der Waals surface area contributed by atoms with E-state index in [4.69, 9.17) is 0 Å². The zero-order valence-electron chi connectivity index (χ0n) is 14.8. The van der Waals surface area contributed by atoms with Crippen LogP contribution >= 0.6 is 0 Å². The Bertz CT molecular complexity index is 734. The summed E-state index contributed by atoms with van der Waals surface area (Å²) in [5.41, 5.74) is 3.43. The van der Waals surface area contributed by atoms with Crippen LogP contribution in [0.2, 0.25) is 0 Å². The summed E-state index contributed by atoms with van der Waals surface area (Å²) in [4.78, 5) is 25.9. The van der Waals surface area contributed by atoms with Gasteiger partial charge in [0.25, 0.3) is 5.91 Å². The molecule has 2 aromatic rings. The van der Waals surface area contributed by atoms with E-state index < -0.39 is 0 Å². The molecule has 0 aliphatic heterocycles. The van der Waals surface area contributed by atoms with E-state index in [1.807, 2.05) is 6.07 Å². The number of nitrogens with one attached hydrogen (secondary N) is 1. The van der Waals surface area contributed by atoms with Gasteiger partial charge in [-0.05, 0) is 44.5 Å². The Labute approximate surface area is 143 Å². The lowest BCUT2D eigenvalue weighted by atomic mass is 10.2. The van der Waals surface area contributed by atoms with Gasteiger partial charge in [0, 0.05) is 44.1 Å². The second-order valence-corrected chi connectivity index (χ2v) is 5.96. The van der Waals surface area contributed by atoms with E-state index in [9.17, 15) is 9.59 Å². The van der Waals surface area contributed by atoms with Crippen molar-refractivity contribution in [2.75, 3.05) is 24.5 Å². The second kappa shape index (κ2) is 7.81. The van der Waals surface area contributed by atoms with E-state index in [1.54, 1.807) is 23.9 Å². The number of hydrogen-bond acceptors (Lipinski definition) is 3. The Morgan fingerprint density at radius 1 is 1.25 bits per heavy atom. The topological polar surface area (TPSA) is 54.3 Å². The molecular weight excluding hydrogens is 302 g/mol. The number of ketones is 1. The van der Waals surface area contributed by atoms with Crippen LogP contribution in [0.5, 0.6) is 0 Å². The highest BCUT2D eigenvalue weighted by molar-refractivity contribution is 5.99. The summed E-state index contributed by atoms with van der Waals surface area (Å²) in [5.74, 6) is -0.202. The molecule has 0 bridgehead atoms. The maximum Gasteiger partial charge on any atom is 0.267 e. The van der Waals surface area contributed by atoms with Gasteiger partial charge in [0.1, 0.15) is 5.69 Å². The van der Waals surface area contributed by atoms with Crippen molar-refractivity contribution in [1.29, 1.82) is 0 Å². The lowest BCUT2D eigenvalue weighted by Gasteiger charge is -2.23. The molecular formula is C19H25N3O2. The minimum absolute atomic E-state index is 0.0405. The zero-order chi connectivity index (χ0) is 17.7. The number of hydrogen-bond donors (Lipinski definition) is 1.